The number of hydrogen-bond acceptors (Lipinski definition) is 5. The summed E-state index contributed by atoms with van der Waals surface area (Å²) in [7, 11) is 0. The fraction of sp³-hybridized carbons (Fsp3) is 0.476. The molecule has 1 aromatic heterocycles. The average Bonchev–Trinajstić information content (AvgIpc) is 3.47. The zero-order valence-corrected chi connectivity index (χ0v) is 16.1. The van der Waals surface area contributed by atoms with E-state index in [0.29, 0.717) is 11.8 Å². The lowest BCUT2D eigenvalue weighted by Gasteiger charge is -2.35. The van der Waals surface area contributed by atoms with Gasteiger partial charge < -0.3 is 15.1 Å². The van der Waals surface area contributed by atoms with E-state index in [4.69, 9.17) is 4.98 Å². The molecule has 2 aliphatic rings. The van der Waals surface area contributed by atoms with Crippen LogP contribution in [-0.4, -0.2) is 47.0 Å². The molecular formula is C21H27N5O. The number of hydrogen-bond donors (Lipinski definition) is 1. The first-order valence-corrected chi connectivity index (χ1v) is 9.79. The second-order valence-electron chi connectivity index (χ2n) is 7.70. The topological polar surface area (TPSA) is 61.4 Å². The van der Waals surface area contributed by atoms with Crippen molar-refractivity contribution in [3.05, 3.63) is 41.6 Å². The number of anilines is 3. The Bertz CT molecular complexity index is 808. The molecule has 4 rings (SSSR count). The zero-order chi connectivity index (χ0) is 18.8. The number of piperazine rings is 1. The van der Waals surface area contributed by atoms with Gasteiger partial charge in [-0.25, -0.2) is 4.98 Å². The van der Waals surface area contributed by atoms with Crippen LogP contribution in [0.25, 0.3) is 0 Å². The third-order valence-corrected chi connectivity index (χ3v) is 5.24. The number of aryl methyl sites for hydroxylation is 2. The van der Waals surface area contributed by atoms with Crippen LogP contribution < -0.4 is 10.2 Å². The van der Waals surface area contributed by atoms with E-state index in [-0.39, 0.29) is 0 Å². The predicted octanol–water partition coefficient (Wildman–Crippen LogP) is 3.29. The molecule has 1 saturated carbocycles. The van der Waals surface area contributed by atoms with Gasteiger partial charge in [-0.2, -0.15) is 4.98 Å². The molecule has 1 aliphatic carbocycles. The Labute approximate surface area is 160 Å². The lowest BCUT2D eigenvalue weighted by atomic mass is 10.2. The fourth-order valence-corrected chi connectivity index (χ4v) is 3.40. The summed E-state index contributed by atoms with van der Waals surface area (Å²) in [5, 5.41) is 3.36. The summed E-state index contributed by atoms with van der Waals surface area (Å²) in [6.07, 6.45) is 3.17. The van der Waals surface area contributed by atoms with Gasteiger partial charge in [0.15, 0.2) is 0 Å². The number of rotatable bonds is 5. The van der Waals surface area contributed by atoms with Crippen molar-refractivity contribution in [2.75, 3.05) is 36.4 Å². The Kier molecular flexibility index (Phi) is 4.97. The van der Waals surface area contributed by atoms with Crippen LogP contribution >= 0.6 is 0 Å². The zero-order valence-electron chi connectivity index (χ0n) is 16.1. The van der Waals surface area contributed by atoms with Gasteiger partial charge in [-0.15, -0.1) is 0 Å². The first-order valence-electron chi connectivity index (χ1n) is 9.79. The van der Waals surface area contributed by atoms with Crippen LogP contribution in [0.5, 0.6) is 0 Å². The van der Waals surface area contributed by atoms with Crippen molar-refractivity contribution >= 4 is 23.4 Å². The number of carbonyl (C=O) groups excluding carboxylic acids is 1. The second-order valence-corrected chi connectivity index (χ2v) is 7.70. The van der Waals surface area contributed by atoms with Gasteiger partial charge in [-0.3, -0.25) is 4.79 Å². The minimum Gasteiger partial charge on any atom is -0.340 e. The predicted molar refractivity (Wildman–Crippen MR) is 107 cm³/mol. The van der Waals surface area contributed by atoms with E-state index in [0.717, 1.165) is 55.7 Å². The van der Waals surface area contributed by atoms with Crippen molar-refractivity contribution < 1.29 is 4.79 Å². The van der Waals surface area contributed by atoms with Crippen molar-refractivity contribution in [3.8, 4) is 0 Å². The fourth-order valence-electron chi connectivity index (χ4n) is 3.40. The molecule has 1 amide bonds. The first kappa shape index (κ1) is 17.8. The summed E-state index contributed by atoms with van der Waals surface area (Å²) < 4.78 is 0. The molecule has 2 heterocycles. The normalized spacial score (nSPS) is 17.1. The highest BCUT2D eigenvalue weighted by molar-refractivity contribution is 5.77. The summed E-state index contributed by atoms with van der Waals surface area (Å²) in [5.41, 5.74) is 3.18. The quantitative estimate of drug-likeness (QED) is 0.881. The molecule has 0 bridgehead atoms. The maximum atomic E-state index is 12.3. The molecule has 6 nitrogen and oxygen atoms in total. The minimum absolute atomic E-state index is 0.309. The van der Waals surface area contributed by atoms with E-state index in [1.165, 1.54) is 18.4 Å². The van der Waals surface area contributed by atoms with Crippen LogP contribution in [-0.2, 0) is 4.79 Å². The van der Waals surface area contributed by atoms with Gasteiger partial charge in [0.25, 0.3) is 0 Å². The van der Waals surface area contributed by atoms with Crippen LogP contribution in [0.4, 0.5) is 17.5 Å². The van der Waals surface area contributed by atoms with Gasteiger partial charge in [0.05, 0.1) is 0 Å². The number of carbonyl (C=O) groups is 1. The molecule has 1 N–H and O–H groups in total. The molecular weight excluding hydrogens is 338 g/mol. The highest BCUT2D eigenvalue weighted by Crippen LogP contribution is 2.33. The summed E-state index contributed by atoms with van der Waals surface area (Å²) in [4.78, 5) is 25.8. The lowest BCUT2D eigenvalue weighted by molar-refractivity contribution is -0.131. The van der Waals surface area contributed by atoms with E-state index in [1.54, 1.807) is 0 Å². The number of benzene rings is 1. The first-order chi connectivity index (χ1) is 13.1. The van der Waals surface area contributed by atoms with Gasteiger partial charge >= 0.3 is 0 Å². The molecule has 1 saturated heterocycles. The molecule has 0 radical (unpaired) electrons. The molecule has 1 aromatic carbocycles. The molecule has 0 atom stereocenters. The molecule has 2 fully saturated rings. The van der Waals surface area contributed by atoms with Crippen molar-refractivity contribution in [3.63, 3.8) is 0 Å². The maximum absolute atomic E-state index is 12.3. The second kappa shape index (κ2) is 7.55. The Hall–Kier alpha value is -2.63. The summed E-state index contributed by atoms with van der Waals surface area (Å²) >= 11 is 0. The van der Waals surface area contributed by atoms with Crippen LogP contribution in [0.2, 0.25) is 0 Å². The Morgan fingerprint density at radius 3 is 2.44 bits per heavy atom. The van der Waals surface area contributed by atoms with Crippen LogP contribution in [0.1, 0.15) is 30.5 Å². The van der Waals surface area contributed by atoms with Crippen LogP contribution in [0.15, 0.2) is 30.3 Å². The number of nitrogens with zero attached hydrogens (tertiary/aromatic N) is 4. The van der Waals surface area contributed by atoms with Crippen LogP contribution in [0, 0.1) is 19.8 Å². The Morgan fingerprint density at radius 1 is 1.07 bits per heavy atom. The van der Waals surface area contributed by atoms with E-state index in [1.807, 2.05) is 17.9 Å². The number of amides is 1. The minimum atomic E-state index is 0.309. The van der Waals surface area contributed by atoms with Gasteiger partial charge in [0, 0.05) is 50.0 Å². The van der Waals surface area contributed by atoms with Crippen LogP contribution in [0.3, 0.4) is 0 Å². The highest BCUT2D eigenvalue weighted by atomic mass is 16.2. The van der Waals surface area contributed by atoms with Gasteiger partial charge in [-0.05, 0) is 44.7 Å². The molecule has 2 aromatic rings. The third-order valence-electron chi connectivity index (χ3n) is 5.24. The standard InChI is InChI=1S/C21H27N5O/c1-15-3-7-18(8-4-15)23-19-13-16(2)22-21(24-19)26-11-9-25(10-12-26)20(27)14-17-5-6-17/h3-4,7-8,13,17H,5-6,9-12,14H2,1-2H3,(H,22,23,24). The summed E-state index contributed by atoms with van der Waals surface area (Å²) in [5.74, 6) is 2.49. The number of nitrogens with one attached hydrogen (secondary N) is 1. The molecule has 27 heavy (non-hydrogen) atoms. The van der Waals surface area contributed by atoms with Gasteiger partial charge in [0.2, 0.25) is 11.9 Å². The van der Waals surface area contributed by atoms with E-state index in [9.17, 15) is 4.79 Å². The molecule has 6 heteroatoms. The molecule has 0 spiro atoms. The summed E-state index contributed by atoms with van der Waals surface area (Å²) in [6, 6.07) is 10.2. The van der Waals surface area contributed by atoms with Crippen molar-refractivity contribution in [1.29, 1.82) is 0 Å². The number of aromatic nitrogens is 2. The summed E-state index contributed by atoms with van der Waals surface area (Å²) in [6.45, 7) is 7.13. The van der Waals surface area contributed by atoms with E-state index < -0.39 is 0 Å². The highest BCUT2D eigenvalue weighted by Gasteiger charge is 2.29. The third kappa shape index (κ3) is 4.56. The largest absolute Gasteiger partial charge is 0.340 e. The van der Waals surface area contributed by atoms with Gasteiger partial charge in [0.1, 0.15) is 5.82 Å². The average molecular weight is 365 g/mol. The Morgan fingerprint density at radius 2 is 1.78 bits per heavy atom. The van der Waals surface area contributed by atoms with E-state index >= 15 is 0 Å². The van der Waals surface area contributed by atoms with Crippen molar-refractivity contribution in [2.45, 2.75) is 33.1 Å². The smallest absolute Gasteiger partial charge is 0.227 e. The maximum Gasteiger partial charge on any atom is 0.227 e. The Balaban J connectivity index is 1.40. The van der Waals surface area contributed by atoms with Crippen molar-refractivity contribution in [2.24, 2.45) is 5.92 Å². The monoisotopic (exact) mass is 365 g/mol. The molecule has 1 aliphatic heterocycles. The SMILES string of the molecule is Cc1ccc(Nc2cc(C)nc(N3CCN(C(=O)CC4CC4)CC3)n2)cc1. The van der Waals surface area contributed by atoms with E-state index in [2.05, 4.69) is 46.4 Å². The van der Waals surface area contributed by atoms with Gasteiger partial charge in [-0.1, -0.05) is 17.7 Å². The van der Waals surface area contributed by atoms with Crippen molar-refractivity contribution in [1.82, 2.24) is 14.9 Å². The molecule has 142 valence electrons. The lowest BCUT2D eigenvalue weighted by Crippen LogP contribution is -2.49. The molecule has 0 unspecified atom stereocenters.